The van der Waals surface area contributed by atoms with Crippen LogP contribution in [0.15, 0.2) is 34.1 Å². The van der Waals surface area contributed by atoms with E-state index in [1.165, 1.54) is 5.56 Å². The Kier molecular flexibility index (Phi) is 6.97. The predicted molar refractivity (Wildman–Crippen MR) is 118 cm³/mol. The molecule has 3 aromatic rings. The third-order valence-electron chi connectivity index (χ3n) is 4.74. The van der Waals surface area contributed by atoms with E-state index in [9.17, 15) is 4.79 Å². The highest BCUT2D eigenvalue weighted by Gasteiger charge is 2.13. The number of aromatic nitrogens is 2. The Morgan fingerprint density at radius 3 is 2.66 bits per heavy atom. The Balaban J connectivity index is 1.60. The fourth-order valence-corrected chi connectivity index (χ4v) is 4.49. The molecule has 2 aromatic heterocycles. The lowest BCUT2D eigenvalue weighted by atomic mass is 10.1. The van der Waals surface area contributed by atoms with Crippen molar-refractivity contribution in [2.75, 3.05) is 13.7 Å². The molecule has 0 unspecified atom stereocenters. The molecule has 0 spiro atoms. The van der Waals surface area contributed by atoms with Gasteiger partial charge in [0.25, 0.3) is 5.91 Å². The van der Waals surface area contributed by atoms with Gasteiger partial charge in [0.2, 0.25) is 0 Å². The molecule has 2 heterocycles. The summed E-state index contributed by atoms with van der Waals surface area (Å²) in [6.45, 7) is 5.01. The fraction of sp³-hybridized carbons (Fsp3) is 0.333. The van der Waals surface area contributed by atoms with Crippen LogP contribution in [0.5, 0.6) is 11.5 Å². The van der Waals surface area contributed by atoms with Crippen molar-refractivity contribution >= 4 is 33.2 Å². The maximum absolute atomic E-state index is 12.5. The van der Waals surface area contributed by atoms with E-state index < -0.39 is 0 Å². The van der Waals surface area contributed by atoms with Crippen LogP contribution in [0.1, 0.15) is 32.2 Å². The maximum atomic E-state index is 12.5. The van der Waals surface area contributed by atoms with Gasteiger partial charge in [0.05, 0.1) is 16.6 Å². The average molecular weight is 478 g/mol. The van der Waals surface area contributed by atoms with Gasteiger partial charge in [-0.05, 0) is 72.1 Å². The van der Waals surface area contributed by atoms with Gasteiger partial charge >= 0.3 is 0 Å². The lowest BCUT2D eigenvalue weighted by molar-refractivity contribution is 0.0953. The lowest BCUT2D eigenvalue weighted by Gasteiger charge is -2.12. The molecule has 154 valence electrons. The van der Waals surface area contributed by atoms with Crippen LogP contribution < -0.4 is 14.8 Å². The first-order valence-electron chi connectivity index (χ1n) is 9.21. The molecule has 0 radical (unpaired) electrons. The van der Waals surface area contributed by atoms with Crippen LogP contribution in [0.2, 0.25) is 0 Å². The summed E-state index contributed by atoms with van der Waals surface area (Å²) in [6.07, 6.45) is 0.742. The second kappa shape index (κ2) is 9.45. The fourth-order valence-electron chi connectivity index (χ4n) is 3.09. The van der Waals surface area contributed by atoms with E-state index in [1.54, 1.807) is 36.6 Å². The number of ether oxygens (including phenoxy) is 2. The summed E-state index contributed by atoms with van der Waals surface area (Å²) in [7, 11) is 3.50. The topological polar surface area (TPSA) is 65.4 Å². The van der Waals surface area contributed by atoms with Crippen LogP contribution in [-0.2, 0) is 20.1 Å². The van der Waals surface area contributed by atoms with Crippen molar-refractivity contribution < 1.29 is 14.3 Å². The van der Waals surface area contributed by atoms with Crippen LogP contribution in [0.3, 0.4) is 0 Å². The second-order valence-corrected chi connectivity index (χ2v) is 9.19. The molecule has 29 heavy (non-hydrogen) atoms. The van der Waals surface area contributed by atoms with Gasteiger partial charge in [-0.2, -0.15) is 5.10 Å². The quantitative estimate of drug-likeness (QED) is 0.521. The van der Waals surface area contributed by atoms with E-state index in [0.29, 0.717) is 30.2 Å². The molecular weight excluding hydrogens is 454 g/mol. The minimum Gasteiger partial charge on any atom is -0.493 e. The number of hydrogen-bond donors (Lipinski definition) is 1. The van der Waals surface area contributed by atoms with Gasteiger partial charge in [-0.15, -0.1) is 11.3 Å². The SMILES string of the molecule is COc1cc(C(=O)NCCc2c(C)nn(C)c2C)ccc1OCc1ccc(Br)s1. The lowest BCUT2D eigenvalue weighted by Crippen LogP contribution is -2.26. The van der Waals surface area contributed by atoms with Gasteiger partial charge in [0.1, 0.15) is 6.61 Å². The molecule has 6 nitrogen and oxygen atoms in total. The minimum atomic E-state index is -0.142. The average Bonchev–Trinajstić information content (AvgIpc) is 3.23. The third-order valence-corrected chi connectivity index (χ3v) is 6.34. The van der Waals surface area contributed by atoms with E-state index in [1.807, 2.05) is 37.7 Å². The van der Waals surface area contributed by atoms with Crippen molar-refractivity contribution in [2.45, 2.75) is 26.9 Å². The highest BCUT2D eigenvalue weighted by molar-refractivity contribution is 9.11. The largest absolute Gasteiger partial charge is 0.493 e. The van der Waals surface area contributed by atoms with Gasteiger partial charge < -0.3 is 14.8 Å². The second-order valence-electron chi connectivity index (χ2n) is 6.64. The number of benzene rings is 1. The van der Waals surface area contributed by atoms with Crippen LogP contribution in [0.4, 0.5) is 0 Å². The Hall–Kier alpha value is -2.32. The molecule has 1 N–H and O–H groups in total. The van der Waals surface area contributed by atoms with Crippen LogP contribution in [0, 0.1) is 13.8 Å². The smallest absolute Gasteiger partial charge is 0.251 e. The highest BCUT2D eigenvalue weighted by Crippen LogP contribution is 2.30. The molecule has 0 atom stereocenters. The van der Waals surface area contributed by atoms with Gasteiger partial charge in [-0.1, -0.05) is 0 Å². The van der Waals surface area contributed by atoms with Gasteiger partial charge in [0.15, 0.2) is 11.5 Å². The number of nitrogens with one attached hydrogen (secondary N) is 1. The molecule has 1 aromatic carbocycles. The molecule has 0 aliphatic heterocycles. The minimum absolute atomic E-state index is 0.142. The normalized spacial score (nSPS) is 10.8. The summed E-state index contributed by atoms with van der Waals surface area (Å²) in [5.74, 6) is 0.999. The summed E-state index contributed by atoms with van der Waals surface area (Å²) >= 11 is 5.07. The Bertz CT molecular complexity index is 1010. The van der Waals surface area contributed by atoms with E-state index >= 15 is 0 Å². The van der Waals surface area contributed by atoms with Crippen LogP contribution >= 0.6 is 27.3 Å². The van der Waals surface area contributed by atoms with E-state index in [0.717, 1.165) is 26.5 Å². The summed E-state index contributed by atoms with van der Waals surface area (Å²) < 4.78 is 14.2. The first-order chi connectivity index (χ1) is 13.9. The van der Waals surface area contributed by atoms with Crippen molar-refractivity contribution in [1.29, 1.82) is 0 Å². The monoisotopic (exact) mass is 477 g/mol. The van der Waals surface area contributed by atoms with Crippen molar-refractivity contribution in [3.8, 4) is 11.5 Å². The summed E-state index contributed by atoms with van der Waals surface area (Å²) in [6, 6.07) is 9.22. The molecule has 0 saturated carbocycles. The van der Waals surface area contributed by atoms with E-state index in [4.69, 9.17) is 9.47 Å². The number of methoxy groups -OCH3 is 1. The molecule has 0 saturated heterocycles. The van der Waals surface area contributed by atoms with Crippen molar-refractivity contribution in [1.82, 2.24) is 15.1 Å². The number of nitrogens with zero attached hydrogens (tertiary/aromatic N) is 2. The zero-order valence-electron chi connectivity index (χ0n) is 16.9. The molecule has 0 aliphatic carbocycles. The Morgan fingerprint density at radius 2 is 2.03 bits per heavy atom. The number of rotatable bonds is 8. The van der Waals surface area contributed by atoms with Crippen LogP contribution in [0.25, 0.3) is 0 Å². The molecule has 0 fully saturated rings. The number of aryl methyl sites for hydroxylation is 2. The third kappa shape index (κ3) is 5.19. The molecule has 0 aliphatic rings. The number of halogens is 1. The number of amides is 1. The molecular formula is C21H24BrN3O3S. The van der Waals surface area contributed by atoms with Crippen molar-refractivity contribution in [3.05, 3.63) is 61.5 Å². The van der Waals surface area contributed by atoms with Crippen molar-refractivity contribution in [2.24, 2.45) is 7.05 Å². The highest BCUT2D eigenvalue weighted by atomic mass is 79.9. The Labute approximate surface area is 183 Å². The van der Waals surface area contributed by atoms with E-state index in [2.05, 4.69) is 26.3 Å². The predicted octanol–water partition coefficient (Wildman–Crippen LogP) is 4.42. The summed E-state index contributed by atoms with van der Waals surface area (Å²) in [5.41, 5.74) is 3.83. The zero-order valence-corrected chi connectivity index (χ0v) is 19.3. The number of carbonyl (C=O) groups is 1. The maximum Gasteiger partial charge on any atom is 0.251 e. The summed E-state index contributed by atoms with van der Waals surface area (Å²) in [4.78, 5) is 13.6. The van der Waals surface area contributed by atoms with Gasteiger partial charge in [-0.3, -0.25) is 9.48 Å². The zero-order chi connectivity index (χ0) is 21.0. The molecule has 3 rings (SSSR count). The molecule has 0 bridgehead atoms. The standard InChI is InChI=1S/C21H24BrN3O3S/c1-13-17(14(2)25(3)24-13)9-10-23-21(26)15-5-7-18(19(11-15)27-4)28-12-16-6-8-20(22)29-16/h5-8,11H,9-10,12H2,1-4H3,(H,23,26). The van der Waals surface area contributed by atoms with Crippen LogP contribution in [-0.4, -0.2) is 29.3 Å². The van der Waals surface area contributed by atoms with Gasteiger partial charge in [0, 0.05) is 29.7 Å². The summed E-state index contributed by atoms with van der Waals surface area (Å²) in [5, 5.41) is 7.38. The number of carbonyl (C=O) groups excluding carboxylic acids is 1. The first-order valence-corrected chi connectivity index (χ1v) is 10.8. The molecule has 1 amide bonds. The number of thiophene rings is 1. The first kappa shape index (κ1) is 21.4. The Morgan fingerprint density at radius 1 is 1.24 bits per heavy atom. The van der Waals surface area contributed by atoms with Crippen molar-refractivity contribution in [3.63, 3.8) is 0 Å². The molecule has 8 heteroatoms. The van der Waals surface area contributed by atoms with E-state index in [-0.39, 0.29) is 5.91 Å². The van der Waals surface area contributed by atoms with Gasteiger partial charge in [-0.25, -0.2) is 0 Å². The number of hydrogen-bond acceptors (Lipinski definition) is 5.